The van der Waals surface area contributed by atoms with Crippen molar-refractivity contribution in [2.45, 2.75) is 46.1 Å². The lowest BCUT2D eigenvalue weighted by molar-refractivity contribution is -0.162. The largest absolute Gasteiger partial charge is 0.465 e. The second-order valence-corrected chi connectivity index (χ2v) is 5.05. The summed E-state index contributed by atoms with van der Waals surface area (Å²) in [7, 11) is 0. The van der Waals surface area contributed by atoms with Crippen molar-refractivity contribution in [1.29, 1.82) is 0 Å². The first-order chi connectivity index (χ1) is 9.06. The lowest BCUT2D eigenvalue weighted by Crippen LogP contribution is -2.36. The minimum Gasteiger partial charge on any atom is -0.465 e. The maximum Gasteiger partial charge on any atom is 0.314 e. The Morgan fingerprint density at radius 2 is 1.95 bits per heavy atom. The van der Waals surface area contributed by atoms with Crippen LogP contribution < -0.4 is 0 Å². The first-order valence-corrected chi connectivity index (χ1v) is 6.96. The summed E-state index contributed by atoms with van der Waals surface area (Å²) >= 11 is 0. The van der Waals surface area contributed by atoms with Gasteiger partial charge in [-0.1, -0.05) is 50.1 Å². The summed E-state index contributed by atoms with van der Waals surface area (Å²) < 4.78 is 5.15. The lowest BCUT2D eigenvalue weighted by atomic mass is 9.76. The number of aliphatic hydroxyl groups excluding tert-OH is 1. The molecule has 2 atom stereocenters. The van der Waals surface area contributed by atoms with Crippen LogP contribution in [0.25, 0.3) is 0 Å². The molecule has 19 heavy (non-hydrogen) atoms. The lowest BCUT2D eigenvalue weighted by Gasteiger charge is -2.32. The van der Waals surface area contributed by atoms with Crippen LogP contribution in [0.3, 0.4) is 0 Å². The van der Waals surface area contributed by atoms with Gasteiger partial charge in [-0.3, -0.25) is 4.79 Å². The normalized spacial score (nSPS) is 15.6. The van der Waals surface area contributed by atoms with Gasteiger partial charge in [0.25, 0.3) is 0 Å². The predicted molar refractivity (Wildman–Crippen MR) is 75.7 cm³/mol. The molecule has 0 saturated heterocycles. The third kappa shape index (κ3) is 3.80. The number of hydrogen-bond donors (Lipinski definition) is 1. The second-order valence-electron chi connectivity index (χ2n) is 5.05. The Morgan fingerprint density at radius 3 is 2.47 bits per heavy atom. The molecule has 1 aromatic rings. The molecular formula is C16H24O3. The van der Waals surface area contributed by atoms with Crippen LogP contribution >= 0.6 is 0 Å². The van der Waals surface area contributed by atoms with Crippen molar-refractivity contribution < 1.29 is 14.6 Å². The van der Waals surface area contributed by atoms with Gasteiger partial charge in [-0.05, 0) is 25.8 Å². The van der Waals surface area contributed by atoms with E-state index in [1.54, 1.807) is 13.8 Å². The number of esters is 1. The van der Waals surface area contributed by atoms with Crippen LogP contribution in [0.1, 0.15) is 51.7 Å². The summed E-state index contributed by atoms with van der Waals surface area (Å²) in [5.41, 5.74) is -0.123. The molecule has 0 saturated carbocycles. The van der Waals surface area contributed by atoms with Crippen LogP contribution in [-0.4, -0.2) is 17.7 Å². The monoisotopic (exact) mass is 264 g/mol. The number of aliphatic hydroxyl groups is 1. The van der Waals surface area contributed by atoms with E-state index in [1.165, 1.54) is 0 Å². The first kappa shape index (κ1) is 15.7. The highest BCUT2D eigenvalue weighted by Crippen LogP contribution is 2.39. The Bertz CT molecular complexity index is 388. The Labute approximate surface area is 115 Å². The number of unbranched alkanes of at least 4 members (excludes halogenated alkanes) is 1. The Hall–Kier alpha value is -1.35. The fourth-order valence-electron chi connectivity index (χ4n) is 2.19. The molecule has 0 aliphatic rings. The topological polar surface area (TPSA) is 46.5 Å². The third-order valence-electron chi connectivity index (χ3n) is 3.51. The number of ether oxygens (including phenoxy) is 1. The van der Waals surface area contributed by atoms with Crippen molar-refractivity contribution >= 4 is 5.97 Å². The van der Waals surface area contributed by atoms with E-state index in [2.05, 4.69) is 6.92 Å². The molecule has 0 aliphatic carbocycles. The molecule has 0 radical (unpaired) electrons. The average molecular weight is 264 g/mol. The van der Waals surface area contributed by atoms with Crippen molar-refractivity contribution in [2.24, 2.45) is 5.41 Å². The Balaban J connectivity index is 2.98. The molecule has 1 aromatic carbocycles. The highest BCUT2D eigenvalue weighted by Gasteiger charge is 2.42. The maximum atomic E-state index is 12.2. The van der Waals surface area contributed by atoms with Gasteiger partial charge in [0.1, 0.15) is 0 Å². The summed E-state index contributed by atoms with van der Waals surface area (Å²) in [5, 5.41) is 10.6. The van der Waals surface area contributed by atoms with Crippen LogP contribution in [0.15, 0.2) is 30.3 Å². The number of carbonyl (C=O) groups excluding carboxylic acids is 1. The average Bonchev–Trinajstić information content (AvgIpc) is 2.45. The van der Waals surface area contributed by atoms with Crippen molar-refractivity contribution in [3.8, 4) is 0 Å². The van der Waals surface area contributed by atoms with Crippen LogP contribution in [0.5, 0.6) is 0 Å². The van der Waals surface area contributed by atoms with Crippen molar-refractivity contribution in [2.75, 3.05) is 6.61 Å². The van der Waals surface area contributed by atoms with E-state index in [0.29, 0.717) is 13.0 Å². The molecule has 3 heteroatoms. The molecular weight excluding hydrogens is 240 g/mol. The van der Waals surface area contributed by atoms with E-state index >= 15 is 0 Å². The summed E-state index contributed by atoms with van der Waals surface area (Å²) in [4.78, 5) is 12.2. The summed E-state index contributed by atoms with van der Waals surface area (Å²) in [5.74, 6) is -0.320. The Kier molecular flexibility index (Phi) is 6.03. The van der Waals surface area contributed by atoms with Crippen molar-refractivity contribution in [1.82, 2.24) is 0 Å². The molecule has 0 fully saturated rings. The fourth-order valence-corrected chi connectivity index (χ4v) is 2.19. The molecule has 1 N–H and O–H groups in total. The number of carbonyl (C=O) groups is 1. The van der Waals surface area contributed by atoms with Crippen molar-refractivity contribution in [3.63, 3.8) is 0 Å². The van der Waals surface area contributed by atoms with E-state index < -0.39 is 11.5 Å². The zero-order valence-corrected chi connectivity index (χ0v) is 12.1. The summed E-state index contributed by atoms with van der Waals surface area (Å²) in [6, 6.07) is 9.31. The number of rotatable bonds is 7. The minimum atomic E-state index is -0.882. The van der Waals surface area contributed by atoms with E-state index in [1.807, 2.05) is 30.3 Å². The molecule has 0 spiro atoms. The smallest absolute Gasteiger partial charge is 0.314 e. The molecule has 0 amide bonds. The zero-order chi connectivity index (χ0) is 14.3. The molecule has 0 aliphatic heterocycles. The molecule has 2 unspecified atom stereocenters. The maximum absolute atomic E-state index is 12.2. The quantitative estimate of drug-likeness (QED) is 0.767. The van der Waals surface area contributed by atoms with Crippen molar-refractivity contribution in [3.05, 3.63) is 35.9 Å². The van der Waals surface area contributed by atoms with E-state index in [-0.39, 0.29) is 5.97 Å². The standard InChI is InChI=1S/C16H24O3/c1-4-6-12-16(3,15(18)19-5-2)14(17)13-10-8-7-9-11-13/h7-11,14,17H,4-6,12H2,1-3H3. The van der Waals surface area contributed by atoms with E-state index in [9.17, 15) is 9.90 Å². The molecule has 0 bridgehead atoms. The fraction of sp³-hybridized carbons (Fsp3) is 0.562. The van der Waals surface area contributed by atoms with Crippen LogP contribution in [0, 0.1) is 5.41 Å². The van der Waals surface area contributed by atoms with Gasteiger partial charge in [-0.15, -0.1) is 0 Å². The van der Waals surface area contributed by atoms with Gasteiger partial charge < -0.3 is 9.84 Å². The van der Waals surface area contributed by atoms with Gasteiger partial charge in [0.15, 0.2) is 0 Å². The van der Waals surface area contributed by atoms with E-state index in [0.717, 1.165) is 18.4 Å². The highest BCUT2D eigenvalue weighted by atomic mass is 16.5. The molecule has 3 nitrogen and oxygen atoms in total. The van der Waals surface area contributed by atoms with Gasteiger partial charge in [0.2, 0.25) is 0 Å². The summed E-state index contributed by atoms with van der Waals surface area (Å²) in [6.07, 6.45) is 1.66. The molecule has 0 heterocycles. The zero-order valence-electron chi connectivity index (χ0n) is 12.1. The number of hydrogen-bond acceptors (Lipinski definition) is 3. The molecule has 1 rings (SSSR count). The van der Waals surface area contributed by atoms with E-state index in [4.69, 9.17) is 4.74 Å². The van der Waals surface area contributed by atoms with Gasteiger partial charge in [0, 0.05) is 0 Å². The second kappa shape index (κ2) is 7.29. The highest BCUT2D eigenvalue weighted by molar-refractivity contribution is 5.77. The predicted octanol–water partition coefficient (Wildman–Crippen LogP) is 3.48. The minimum absolute atomic E-state index is 0.320. The molecule has 0 aromatic heterocycles. The van der Waals surface area contributed by atoms with Gasteiger partial charge in [-0.25, -0.2) is 0 Å². The third-order valence-corrected chi connectivity index (χ3v) is 3.51. The van der Waals surface area contributed by atoms with Crippen LogP contribution in [-0.2, 0) is 9.53 Å². The van der Waals surface area contributed by atoms with Gasteiger partial charge in [-0.2, -0.15) is 0 Å². The Morgan fingerprint density at radius 1 is 1.32 bits per heavy atom. The number of benzene rings is 1. The molecule has 106 valence electrons. The summed E-state index contributed by atoms with van der Waals surface area (Å²) in [6.45, 7) is 5.98. The van der Waals surface area contributed by atoms with Crippen LogP contribution in [0.4, 0.5) is 0 Å². The van der Waals surface area contributed by atoms with Gasteiger partial charge in [0.05, 0.1) is 18.1 Å². The first-order valence-electron chi connectivity index (χ1n) is 6.96. The van der Waals surface area contributed by atoms with Crippen LogP contribution in [0.2, 0.25) is 0 Å². The van der Waals surface area contributed by atoms with Gasteiger partial charge >= 0.3 is 5.97 Å². The SMILES string of the molecule is CCCCC(C)(C(=O)OCC)C(O)c1ccccc1.